The second-order valence-corrected chi connectivity index (χ2v) is 7.85. The first-order chi connectivity index (χ1) is 14.6. The average molecular weight is 408 g/mol. The Bertz CT molecular complexity index is 886. The van der Waals surface area contributed by atoms with Crippen molar-refractivity contribution in [2.75, 3.05) is 32.8 Å². The first-order valence-corrected chi connectivity index (χ1v) is 10.6. The summed E-state index contributed by atoms with van der Waals surface area (Å²) in [6, 6.07) is 17.7. The monoisotopic (exact) mass is 408 g/mol. The summed E-state index contributed by atoms with van der Waals surface area (Å²) in [6.45, 7) is 4.54. The lowest BCUT2D eigenvalue weighted by molar-refractivity contribution is -0.137. The van der Waals surface area contributed by atoms with E-state index < -0.39 is 0 Å². The second kappa shape index (κ2) is 9.20. The normalized spacial score (nSPS) is 20.3. The molecule has 0 N–H and O–H groups in total. The maximum atomic E-state index is 13.1. The fourth-order valence-electron chi connectivity index (χ4n) is 4.09. The molecule has 2 aromatic carbocycles. The molecule has 0 spiro atoms. The molecule has 0 radical (unpaired) electrons. The van der Waals surface area contributed by atoms with Crippen LogP contribution in [0.4, 0.5) is 0 Å². The highest BCUT2D eigenvalue weighted by Gasteiger charge is 2.37. The van der Waals surface area contributed by atoms with Gasteiger partial charge in [-0.1, -0.05) is 42.5 Å². The van der Waals surface area contributed by atoms with Gasteiger partial charge in [-0.25, -0.2) is 0 Å². The molecule has 0 aliphatic carbocycles. The van der Waals surface area contributed by atoms with Crippen LogP contribution in [0.3, 0.4) is 0 Å². The van der Waals surface area contributed by atoms with Crippen LogP contribution in [0.2, 0.25) is 0 Å². The number of rotatable bonds is 7. The quantitative estimate of drug-likeness (QED) is 0.707. The predicted octanol–water partition coefficient (Wildman–Crippen LogP) is 2.77. The number of ether oxygens (including phenoxy) is 2. The summed E-state index contributed by atoms with van der Waals surface area (Å²) in [5.41, 5.74) is 1.20. The summed E-state index contributed by atoms with van der Waals surface area (Å²) in [5.74, 6) is 1.24. The Labute approximate surface area is 177 Å². The molecular weight excluding hydrogens is 380 g/mol. The van der Waals surface area contributed by atoms with Gasteiger partial charge < -0.3 is 19.3 Å². The molecule has 4 rings (SSSR count). The Balaban J connectivity index is 1.32. The molecule has 2 atom stereocenters. The molecule has 6 nitrogen and oxygen atoms in total. The van der Waals surface area contributed by atoms with Crippen LogP contribution in [-0.2, 0) is 16.0 Å². The number of likely N-dealkylation sites (tertiary alicyclic amines) is 1. The topological polar surface area (TPSA) is 59.1 Å². The van der Waals surface area contributed by atoms with Crippen LogP contribution < -0.4 is 9.47 Å². The number of carbonyl (C=O) groups excluding carboxylic acids is 2. The molecule has 6 heteroatoms. The van der Waals surface area contributed by atoms with Crippen molar-refractivity contribution in [1.82, 2.24) is 9.80 Å². The Hall–Kier alpha value is -3.02. The van der Waals surface area contributed by atoms with Gasteiger partial charge in [0.05, 0.1) is 12.5 Å². The minimum absolute atomic E-state index is 0.0236. The van der Waals surface area contributed by atoms with Gasteiger partial charge in [-0.3, -0.25) is 9.59 Å². The number of benzene rings is 2. The molecule has 2 aliphatic heterocycles. The molecule has 2 aliphatic rings. The van der Waals surface area contributed by atoms with Crippen LogP contribution in [0.1, 0.15) is 18.9 Å². The van der Waals surface area contributed by atoms with Crippen molar-refractivity contribution in [3.63, 3.8) is 0 Å². The zero-order valence-corrected chi connectivity index (χ0v) is 17.3. The lowest BCUT2D eigenvalue weighted by atomic mass is 10.1. The second-order valence-electron chi connectivity index (χ2n) is 7.85. The van der Waals surface area contributed by atoms with E-state index in [0.717, 1.165) is 12.2 Å². The lowest BCUT2D eigenvalue weighted by Crippen LogP contribution is -2.46. The molecule has 158 valence electrons. The van der Waals surface area contributed by atoms with Gasteiger partial charge in [-0.15, -0.1) is 0 Å². The summed E-state index contributed by atoms with van der Waals surface area (Å²) in [6.07, 6.45) is 0.877. The van der Waals surface area contributed by atoms with Crippen LogP contribution in [-0.4, -0.2) is 60.5 Å². The molecule has 0 bridgehead atoms. The van der Waals surface area contributed by atoms with Crippen LogP contribution in [0, 0.1) is 5.92 Å². The SMILES string of the molecule is CCN(CC1COc2ccccc2O1)C(=O)C1CC(=O)N(CCc2ccccc2)C1. The van der Waals surface area contributed by atoms with Crippen molar-refractivity contribution < 1.29 is 19.1 Å². The summed E-state index contributed by atoms with van der Waals surface area (Å²) >= 11 is 0. The predicted molar refractivity (Wildman–Crippen MR) is 113 cm³/mol. The fourth-order valence-corrected chi connectivity index (χ4v) is 4.09. The van der Waals surface area contributed by atoms with Gasteiger partial charge in [0.15, 0.2) is 17.6 Å². The molecule has 2 unspecified atom stereocenters. The average Bonchev–Trinajstić information content (AvgIpc) is 3.16. The molecule has 2 amide bonds. The third-order valence-electron chi connectivity index (χ3n) is 5.76. The van der Waals surface area contributed by atoms with E-state index in [1.807, 2.05) is 54.3 Å². The van der Waals surface area contributed by atoms with E-state index in [9.17, 15) is 9.59 Å². The number of fused-ring (bicyclic) bond motifs is 1. The van der Waals surface area contributed by atoms with E-state index in [-0.39, 0.29) is 30.3 Å². The van der Waals surface area contributed by atoms with Crippen LogP contribution in [0.25, 0.3) is 0 Å². The summed E-state index contributed by atoms with van der Waals surface area (Å²) in [4.78, 5) is 29.2. The molecule has 0 saturated carbocycles. The molecule has 30 heavy (non-hydrogen) atoms. The van der Waals surface area contributed by atoms with Gasteiger partial charge in [-0.05, 0) is 31.0 Å². The van der Waals surface area contributed by atoms with Gasteiger partial charge in [0.25, 0.3) is 0 Å². The number of para-hydroxylation sites is 2. The number of likely N-dealkylation sites (N-methyl/N-ethyl adjacent to an activating group) is 1. The third kappa shape index (κ3) is 4.58. The van der Waals surface area contributed by atoms with E-state index in [0.29, 0.717) is 38.5 Å². The first-order valence-electron chi connectivity index (χ1n) is 10.6. The van der Waals surface area contributed by atoms with Gasteiger partial charge in [0.1, 0.15) is 6.61 Å². The summed E-state index contributed by atoms with van der Waals surface area (Å²) < 4.78 is 11.8. The number of amides is 2. The molecule has 2 aromatic rings. The van der Waals surface area contributed by atoms with Crippen molar-refractivity contribution in [3.05, 3.63) is 60.2 Å². The van der Waals surface area contributed by atoms with Crippen molar-refractivity contribution in [2.24, 2.45) is 5.92 Å². The van der Waals surface area contributed by atoms with Crippen molar-refractivity contribution in [1.29, 1.82) is 0 Å². The van der Waals surface area contributed by atoms with Crippen LogP contribution in [0.15, 0.2) is 54.6 Å². The largest absolute Gasteiger partial charge is 0.486 e. The van der Waals surface area contributed by atoms with Crippen LogP contribution in [0.5, 0.6) is 11.5 Å². The van der Waals surface area contributed by atoms with Gasteiger partial charge in [-0.2, -0.15) is 0 Å². The zero-order chi connectivity index (χ0) is 20.9. The fraction of sp³-hybridized carbons (Fsp3) is 0.417. The van der Waals surface area contributed by atoms with Crippen molar-refractivity contribution in [2.45, 2.75) is 25.9 Å². The van der Waals surface area contributed by atoms with E-state index in [1.54, 1.807) is 4.90 Å². The highest BCUT2D eigenvalue weighted by molar-refractivity contribution is 5.89. The smallest absolute Gasteiger partial charge is 0.228 e. The van der Waals surface area contributed by atoms with Crippen LogP contribution >= 0.6 is 0 Å². The number of nitrogens with zero attached hydrogens (tertiary/aromatic N) is 2. The maximum absolute atomic E-state index is 13.1. The highest BCUT2D eigenvalue weighted by atomic mass is 16.6. The van der Waals surface area contributed by atoms with Gasteiger partial charge >= 0.3 is 0 Å². The molecule has 0 aromatic heterocycles. The molecule has 2 heterocycles. The lowest BCUT2D eigenvalue weighted by Gasteiger charge is -2.32. The van der Waals surface area contributed by atoms with E-state index in [2.05, 4.69) is 12.1 Å². The third-order valence-corrected chi connectivity index (χ3v) is 5.76. The highest BCUT2D eigenvalue weighted by Crippen LogP contribution is 2.31. The number of carbonyl (C=O) groups is 2. The van der Waals surface area contributed by atoms with Crippen molar-refractivity contribution in [3.8, 4) is 11.5 Å². The number of hydrogen-bond donors (Lipinski definition) is 0. The van der Waals surface area contributed by atoms with Gasteiger partial charge in [0, 0.05) is 26.1 Å². The Kier molecular flexibility index (Phi) is 6.21. The van der Waals surface area contributed by atoms with E-state index in [1.165, 1.54) is 5.56 Å². The summed E-state index contributed by atoms with van der Waals surface area (Å²) in [7, 11) is 0. The Morgan fingerprint density at radius 1 is 1.10 bits per heavy atom. The van der Waals surface area contributed by atoms with Gasteiger partial charge in [0.2, 0.25) is 11.8 Å². The van der Waals surface area contributed by atoms with E-state index in [4.69, 9.17) is 9.47 Å². The number of hydrogen-bond acceptors (Lipinski definition) is 4. The minimum Gasteiger partial charge on any atom is -0.486 e. The first kappa shape index (κ1) is 20.3. The molecule has 1 saturated heterocycles. The van der Waals surface area contributed by atoms with E-state index >= 15 is 0 Å². The Morgan fingerprint density at radius 2 is 1.83 bits per heavy atom. The molecular formula is C24H28N2O4. The minimum atomic E-state index is -0.287. The maximum Gasteiger partial charge on any atom is 0.228 e. The Morgan fingerprint density at radius 3 is 2.60 bits per heavy atom. The van der Waals surface area contributed by atoms with Crippen molar-refractivity contribution >= 4 is 11.8 Å². The molecule has 1 fully saturated rings. The zero-order valence-electron chi connectivity index (χ0n) is 17.3. The summed E-state index contributed by atoms with van der Waals surface area (Å²) in [5, 5.41) is 0. The standard InChI is InChI=1S/C24H28N2O4/c1-2-25(16-20-17-29-21-10-6-7-11-22(21)30-20)24(28)19-14-23(27)26(15-19)13-12-18-8-4-3-5-9-18/h3-11,19-20H,2,12-17H2,1H3.